The third-order valence-electron chi connectivity index (χ3n) is 4.38. The molecule has 1 unspecified atom stereocenters. The van der Waals surface area contributed by atoms with E-state index in [0.29, 0.717) is 23.8 Å². The molecule has 23 heavy (non-hydrogen) atoms. The molecule has 1 aliphatic carbocycles. The quantitative estimate of drug-likeness (QED) is 0.832. The summed E-state index contributed by atoms with van der Waals surface area (Å²) in [7, 11) is 0. The van der Waals surface area contributed by atoms with Gasteiger partial charge in [0.25, 0.3) is 5.91 Å². The first-order valence-corrected chi connectivity index (χ1v) is 8.19. The Hall–Kier alpha value is -2.24. The summed E-state index contributed by atoms with van der Waals surface area (Å²) < 4.78 is 11.1. The van der Waals surface area contributed by atoms with Crippen molar-refractivity contribution in [2.75, 3.05) is 6.61 Å². The fraction of sp³-hybridized carbons (Fsp3) is 0.529. The molecule has 0 radical (unpaired) electrons. The number of hydrogen-bond acceptors (Lipinski definition) is 4. The highest BCUT2D eigenvalue weighted by Gasteiger charge is 2.27. The van der Waals surface area contributed by atoms with E-state index >= 15 is 0 Å². The van der Waals surface area contributed by atoms with Gasteiger partial charge in [-0.2, -0.15) is 0 Å². The van der Waals surface area contributed by atoms with Gasteiger partial charge in [0.05, 0.1) is 0 Å². The number of fused-ring (bicyclic) bond motifs is 1. The third-order valence-corrected chi connectivity index (χ3v) is 4.38. The molecule has 6 nitrogen and oxygen atoms in total. The van der Waals surface area contributed by atoms with Gasteiger partial charge < -0.3 is 9.47 Å². The molecule has 2 N–H and O–H groups in total. The summed E-state index contributed by atoms with van der Waals surface area (Å²) in [5.41, 5.74) is 4.87. The van der Waals surface area contributed by atoms with Crippen molar-refractivity contribution in [1.29, 1.82) is 0 Å². The number of benzene rings is 1. The number of hydrogen-bond donors (Lipinski definition) is 2. The van der Waals surface area contributed by atoms with Gasteiger partial charge in [-0.3, -0.25) is 20.4 Å². The van der Waals surface area contributed by atoms with Crippen molar-refractivity contribution in [1.82, 2.24) is 10.9 Å². The molecule has 2 amide bonds. The first kappa shape index (κ1) is 15.6. The van der Waals surface area contributed by atoms with E-state index in [4.69, 9.17) is 9.47 Å². The molecule has 0 bridgehead atoms. The zero-order valence-electron chi connectivity index (χ0n) is 13.0. The Bertz CT molecular complexity index is 569. The molecule has 0 spiro atoms. The second-order valence-corrected chi connectivity index (χ2v) is 6.09. The Labute approximate surface area is 135 Å². The number of carbonyl (C=O) groups excluding carboxylic acids is 2. The van der Waals surface area contributed by atoms with Crippen molar-refractivity contribution in [3.8, 4) is 11.5 Å². The van der Waals surface area contributed by atoms with Gasteiger partial charge >= 0.3 is 0 Å². The summed E-state index contributed by atoms with van der Waals surface area (Å²) in [4.78, 5) is 23.8. The van der Waals surface area contributed by atoms with Gasteiger partial charge in [0, 0.05) is 6.42 Å². The summed E-state index contributed by atoms with van der Waals surface area (Å²) in [6, 6.07) is 7.18. The fourth-order valence-corrected chi connectivity index (χ4v) is 3.06. The minimum atomic E-state index is -0.764. The van der Waals surface area contributed by atoms with Gasteiger partial charge in [-0.15, -0.1) is 0 Å². The van der Waals surface area contributed by atoms with Crippen LogP contribution in [-0.4, -0.2) is 24.5 Å². The lowest BCUT2D eigenvalue weighted by Crippen LogP contribution is -2.50. The molecule has 6 heteroatoms. The number of amides is 2. The molecule has 1 saturated carbocycles. The molecule has 2 aliphatic rings. The van der Waals surface area contributed by atoms with Crippen molar-refractivity contribution in [3.05, 3.63) is 24.3 Å². The maximum Gasteiger partial charge on any atom is 0.283 e. The van der Waals surface area contributed by atoms with E-state index in [1.807, 2.05) is 12.1 Å². The molecular weight excluding hydrogens is 296 g/mol. The fourth-order valence-electron chi connectivity index (χ4n) is 3.06. The largest absolute Gasteiger partial charge is 0.485 e. The second-order valence-electron chi connectivity index (χ2n) is 6.09. The zero-order chi connectivity index (χ0) is 16.1. The molecule has 1 aromatic rings. The topological polar surface area (TPSA) is 76.7 Å². The summed E-state index contributed by atoms with van der Waals surface area (Å²) >= 11 is 0. The van der Waals surface area contributed by atoms with E-state index in [-0.39, 0.29) is 12.5 Å². The Morgan fingerprint density at radius 2 is 1.83 bits per heavy atom. The molecule has 1 heterocycles. The van der Waals surface area contributed by atoms with Crippen LogP contribution in [0.1, 0.15) is 38.5 Å². The summed E-state index contributed by atoms with van der Waals surface area (Å²) in [5, 5.41) is 0. The Morgan fingerprint density at radius 3 is 2.61 bits per heavy atom. The first-order chi connectivity index (χ1) is 11.2. The van der Waals surface area contributed by atoms with Crippen LogP contribution in [0.15, 0.2) is 24.3 Å². The lowest BCUT2D eigenvalue weighted by Gasteiger charge is -2.25. The van der Waals surface area contributed by atoms with Crippen LogP contribution in [0.5, 0.6) is 11.5 Å². The lowest BCUT2D eigenvalue weighted by atomic mass is 10.0. The van der Waals surface area contributed by atoms with Crippen LogP contribution in [-0.2, 0) is 9.59 Å². The predicted octanol–water partition coefficient (Wildman–Crippen LogP) is 1.94. The van der Waals surface area contributed by atoms with Gasteiger partial charge in [0.2, 0.25) is 12.0 Å². The molecule has 1 atom stereocenters. The van der Waals surface area contributed by atoms with Gasteiger partial charge in [0.1, 0.15) is 6.61 Å². The van der Waals surface area contributed by atoms with E-state index in [0.717, 1.165) is 6.42 Å². The number of hydrazine groups is 1. The predicted molar refractivity (Wildman–Crippen MR) is 83.8 cm³/mol. The molecule has 1 aliphatic heterocycles. The second kappa shape index (κ2) is 7.35. The van der Waals surface area contributed by atoms with Crippen molar-refractivity contribution >= 4 is 11.8 Å². The average Bonchev–Trinajstić information content (AvgIpc) is 3.11. The Morgan fingerprint density at radius 1 is 1.09 bits per heavy atom. The minimum absolute atomic E-state index is 0.126. The van der Waals surface area contributed by atoms with Crippen LogP contribution < -0.4 is 20.3 Å². The van der Waals surface area contributed by atoms with Crippen LogP contribution in [0.25, 0.3) is 0 Å². The van der Waals surface area contributed by atoms with Crippen molar-refractivity contribution in [2.45, 2.75) is 44.6 Å². The van der Waals surface area contributed by atoms with E-state index in [1.54, 1.807) is 12.1 Å². The highest BCUT2D eigenvalue weighted by Crippen LogP contribution is 2.31. The van der Waals surface area contributed by atoms with Crippen molar-refractivity contribution in [3.63, 3.8) is 0 Å². The zero-order valence-corrected chi connectivity index (χ0v) is 13.0. The van der Waals surface area contributed by atoms with Crippen LogP contribution in [0.4, 0.5) is 0 Å². The average molecular weight is 318 g/mol. The summed E-state index contributed by atoms with van der Waals surface area (Å²) in [6.07, 6.45) is 5.53. The van der Waals surface area contributed by atoms with Crippen LogP contribution in [0.3, 0.4) is 0 Å². The van der Waals surface area contributed by atoms with Crippen molar-refractivity contribution in [2.24, 2.45) is 5.92 Å². The highest BCUT2D eigenvalue weighted by atomic mass is 16.6. The molecular formula is C17H22N2O4. The van der Waals surface area contributed by atoms with Gasteiger partial charge in [-0.25, -0.2) is 0 Å². The van der Waals surface area contributed by atoms with Gasteiger partial charge in [-0.1, -0.05) is 37.8 Å². The first-order valence-electron chi connectivity index (χ1n) is 8.19. The lowest BCUT2D eigenvalue weighted by molar-refractivity contribution is -0.135. The minimum Gasteiger partial charge on any atom is -0.485 e. The molecule has 0 aromatic heterocycles. The van der Waals surface area contributed by atoms with Gasteiger partial charge in [-0.05, 0) is 24.5 Å². The Balaban J connectivity index is 1.40. The van der Waals surface area contributed by atoms with Crippen molar-refractivity contribution < 1.29 is 19.1 Å². The number of nitrogens with one attached hydrogen (secondary N) is 2. The van der Waals surface area contributed by atoms with E-state index in [1.165, 1.54) is 25.7 Å². The monoisotopic (exact) mass is 318 g/mol. The normalized spacial score (nSPS) is 20.1. The maximum atomic E-state index is 12.0. The molecule has 1 fully saturated rings. The van der Waals surface area contributed by atoms with E-state index in [2.05, 4.69) is 10.9 Å². The molecule has 0 saturated heterocycles. The SMILES string of the molecule is O=C(CCC1CCCC1)NNC(=O)C1COc2ccccc2O1. The van der Waals surface area contributed by atoms with Crippen LogP contribution >= 0.6 is 0 Å². The van der Waals surface area contributed by atoms with E-state index in [9.17, 15) is 9.59 Å². The molecule has 3 rings (SSSR count). The number of para-hydroxylation sites is 2. The summed E-state index contributed by atoms with van der Waals surface area (Å²) in [6.45, 7) is 0.126. The highest BCUT2D eigenvalue weighted by molar-refractivity contribution is 5.85. The number of carbonyl (C=O) groups is 2. The van der Waals surface area contributed by atoms with E-state index < -0.39 is 12.0 Å². The molecule has 124 valence electrons. The number of ether oxygens (including phenoxy) is 2. The Kier molecular flexibility index (Phi) is 5.00. The third kappa shape index (κ3) is 4.15. The molecule has 1 aromatic carbocycles. The standard InChI is InChI=1S/C17H22N2O4/c20-16(10-9-12-5-1-2-6-12)18-19-17(21)15-11-22-13-7-3-4-8-14(13)23-15/h3-4,7-8,12,15H,1-2,5-6,9-11H2,(H,18,20)(H,19,21). The number of rotatable bonds is 4. The van der Waals surface area contributed by atoms with Crippen LogP contribution in [0.2, 0.25) is 0 Å². The summed E-state index contributed by atoms with van der Waals surface area (Å²) in [5.74, 6) is 1.24. The smallest absolute Gasteiger partial charge is 0.283 e. The van der Waals surface area contributed by atoms with Gasteiger partial charge in [0.15, 0.2) is 11.5 Å². The maximum absolute atomic E-state index is 12.0. The van der Waals surface area contributed by atoms with Crippen LogP contribution in [0, 0.1) is 5.92 Å².